The lowest BCUT2D eigenvalue weighted by Gasteiger charge is -2.18. The standard InChI is InChI=1S/C15H24N6/c1-3-21(4-2)11-7-10-17-14-12-8-5-6-9-13(12)18-15(19-14)20-16/h5-6,8-9H,3-4,7,10-11,16H2,1-2H3,(H2,17,18,19,20). The first-order valence-corrected chi connectivity index (χ1v) is 7.48. The molecule has 6 heteroatoms. The minimum absolute atomic E-state index is 0.431. The molecule has 0 bridgehead atoms. The van der Waals surface area contributed by atoms with Gasteiger partial charge in [-0.05, 0) is 38.2 Å². The Bertz CT molecular complexity index is 567. The molecular formula is C15H24N6. The number of aromatic nitrogens is 2. The Morgan fingerprint density at radius 1 is 1.14 bits per heavy atom. The fourth-order valence-corrected chi connectivity index (χ4v) is 2.33. The number of hydrazine groups is 1. The van der Waals surface area contributed by atoms with Crippen molar-refractivity contribution in [1.82, 2.24) is 14.9 Å². The topological polar surface area (TPSA) is 79.1 Å². The molecule has 4 N–H and O–H groups in total. The van der Waals surface area contributed by atoms with Crippen molar-refractivity contribution in [3.05, 3.63) is 24.3 Å². The number of anilines is 2. The highest BCUT2D eigenvalue weighted by molar-refractivity contribution is 5.89. The lowest BCUT2D eigenvalue weighted by atomic mass is 10.2. The van der Waals surface area contributed by atoms with Crippen LogP contribution in [-0.4, -0.2) is 41.0 Å². The number of nitrogens with zero attached hydrogens (tertiary/aromatic N) is 3. The second-order valence-corrected chi connectivity index (χ2v) is 4.86. The van der Waals surface area contributed by atoms with Crippen LogP contribution in [0.1, 0.15) is 20.3 Å². The maximum Gasteiger partial charge on any atom is 0.239 e. The number of hydrogen-bond donors (Lipinski definition) is 3. The fraction of sp³-hybridized carbons (Fsp3) is 0.467. The van der Waals surface area contributed by atoms with Crippen LogP contribution >= 0.6 is 0 Å². The van der Waals surface area contributed by atoms with Gasteiger partial charge >= 0.3 is 0 Å². The molecule has 0 atom stereocenters. The summed E-state index contributed by atoms with van der Waals surface area (Å²) in [6.45, 7) is 8.52. The second kappa shape index (κ2) is 7.75. The van der Waals surface area contributed by atoms with Gasteiger partial charge in [0, 0.05) is 11.9 Å². The smallest absolute Gasteiger partial charge is 0.239 e. The number of fused-ring (bicyclic) bond motifs is 1. The Kier molecular flexibility index (Phi) is 5.71. The Morgan fingerprint density at radius 2 is 1.90 bits per heavy atom. The lowest BCUT2D eigenvalue weighted by Crippen LogP contribution is -2.25. The zero-order valence-corrected chi connectivity index (χ0v) is 12.8. The molecule has 0 unspecified atom stereocenters. The SMILES string of the molecule is CCN(CC)CCCNc1nc(NN)nc2ccccc12. The minimum atomic E-state index is 0.431. The summed E-state index contributed by atoms with van der Waals surface area (Å²) in [4.78, 5) is 11.2. The van der Waals surface area contributed by atoms with Crippen LogP contribution in [0.15, 0.2) is 24.3 Å². The third-order valence-electron chi connectivity index (χ3n) is 3.57. The Morgan fingerprint density at radius 3 is 2.62 bits per heavy atom. The van der Waals surface area contributed by atoms with Gasteiger partial charge in [-0.1, -0.05) is 26.0 Å². The molecule has 0 saturated heterocycles. The van der Waals surface area contributed by atoms with Crippen LogP contribution in [0.25, 0.3) is 10.9 Å². The molecular weight excluding hydrogens is 264 g/mol. The van der Waals surface area contributed by atoms with Gasteiger partial charge in [0.15, 0.2) is 0 Å². The van der Waals surface area contributed by atoms with Gasteiger partial charge in [-0.15, -0.1) is 0 Å². The van der Waals surface area contributed by atoms with Crippen molar-refractivity contribution in [2.24, 2.45) is 5.84 Å². The highest BCUT2D eigenvalue weighted by Crippen LogP contribution is 2.21. The number of nitrogens with one attached hydrogen (secondary N) is 2. The van der Waals surface area contributed by atoms with Crippen LogP contribution in [0.5, 0.6) is 0 Å². The van der Waals surface area contributed by atoms with E-state index in [1.807, 2.05) is 24.3 Å². The van der Waals surface area contributed by atoms with Crippen molar-refractivity contribution >= 4 is 22.7 Å². The van der Waals surface area contributed by atoms with Crippen molar-refractivity contribution in [3.63, 3.8) is 0 Å². The monoisotopic (exact) mass is 288 g/mol. The first-order chi connectivity index (χ1) is 10.3. The Balaban J connectivity index is 2.04. The van der Waals surface area contributed by atoms with E-state index in [-0.39, 0.29) is 0 Å². The van der Waals surface area contributed by atoms with Crippen LogP contribution in [0.3, 0.4) is 0 Å². The van der Waals surface area contributed by atoms with Crippen molar-refractivity contribution in [2.45, 2.75) is 20.3 Å². The van der Waals surface area contributed by atoms with Crippen molar-refractivity contribution in [2.75, 3.05) is 36.9 Å². The maximum atomic E-state index is 5.43. The molecule has 0 radical (unpaired) electrons. The van der Waals surface area contributed by atoms with Gasteiger partial charge < -0.3 is 10.2 Å². The van der Waals surface area contributed by atoms with E-state index in [1.54, 1.807) is 0 Å². The van der Waals surface area contributed by atoms with E-state index in [0.29, 0.717) is 5.95 Å². The van der Waals surface area contributed by atoms with E-state index < -0.39 is 0 Å². The normalized spacial score (nSPS) is 11.0. The number of para-hydroxylation sites is 1. The van der Waals surface area contributed by atoms with Crippen LogP contribution in [0, 0.1) is 0 Å². The van der Waals surface area contributed by atoms with Gasteiger partial charge in [0.05, 0.1) is 5.52 Å². The number of hydrogen-bond acceptors (Lipinski definition) is 6. The van der Waals surface area contributed by atoms with Gasteiger partial charge in [0.2, 0.25) is 5.95 Å². The molecule has 0 fully saturated rings. The van der Waals surface area contributed by atoms with Crippen LogP contribution < -0.4 is 16.6 Å². The van der Waals surface area contributed by atoms with Crippen LogP contribution in [0.4, 0.5) is 11.8 Å². The molecule has 114 valence electrons. The highest BCUT2D eigenvalue weighted by atomic mass is 15.3. The summed E-state index contributed by atoms with van der Waals surface area (Å²) in [5.74, 6) is 6.69. The number of rotatable bonds is 8. The predicted molar refractivity (Wildman–Crippen MR) is 88.2 cm³/mol. The van der Waals surface area contributed by atoms with E-state index in [4.69, 9.17) is 5.84 Å². The zero-order valence-electron chi connectivity index (χ0n) is 12.8. The van der Waals surface area contributed by atoms with Crippen LogP contribution in [0.2, 0.25) is 0 Å². The number of nitrogens with two attached hydrogens (primary N) is 1. The average molecular weight is 288 g/mol. The van der Waals surface area contributed by atoms with Crippen molar-refractivity contribution in [1.29, 1.82) is 0 Å². The summed E-state index contributed by atoms with van der Waals surface area (Å²) in [5, 5.41) is 4.41. The summed E-state index contributed by atoms with van der Waals surface area (Å²) in [6, 6.07) is 7.92. The Hall–Kier alpha value is -1.92. The molecule has 0 aliphatic carbocycles. The summed E-state index contributed by atoms with van der Waals surface area (Å²) in [5.41, 5.74) is 3.40. The zero-order chi connectivity index (χ0) is 15.1. The molecule has 1 heterocycles. The molecule has 1 aromatic carbocycles. The van der Waals surface area contributed by atoms with E-state index in [1.165, 1.54) is 0 Å². The van der Waals surface area contributed by atoms with Gasteiger partial charge in [-0.25, -0.2) is 10.8 Å². The van der Waals surface area contributed by atoms with Crippen LogP contribution in [-0.2, 0) is 0 Å². The molecule has 6 nitrogen and oxygen atoms in total. The van der Waals surface area contributed by atoms with E-state index in [9.17, 15) is 0 Å². The molecule has 0 aliphatic rings. The number of nitrogen functional groups attached to an aromatic ring is 1. The molecule has 0 amide bonds. The summed E-state index contributed by atoms with van der Waals surface area (Å²) in [6.07, 6.45) is 1.07. The van der Waals surface area contributed by atoms with Crippen molar-refractivity contribution in [3.8, 4) is 0 Å². The average Bonchev–Trinajstić information content (AvgIpc) is 2.54. The van der Waals surface area contributed by atoms with E-state index in [2.05, 4.69) is 39.5 Å². The molecule has 0 spiro atoms. The molecule has 1 aromatic heterocycles. The van der Waals surface area contributed by atoms with E-state index >= 15 is 0 Å². The lowest BCUT2D eigenvalue weighted by molar-refractivity contribution is 0.303. The maximum absolute atomic E-state index is 5.43. The fourth-order valence-electron chi connectivity index (χ4n) is 2.33. The third-order valence-corrected chi connectivity index (χ3v) is 3.57. The summed E-state index contributed by atoms with van der Waals surface area (Å²) in [7, 11) is 0. The van der Waals surface area contributed by atoms with Crippen molar-refractivity contribution < 1.29 is 0 Å². The van der Waals surface area contributed by atoms with Gasteiger partial charge in [0.25, 0.3) is 0 Å². The molecule has 2 aromatic rings. The van der Waals surface area contributed by atoms with Gasteiger partial charge in [0.1, 0.15) is 5.82 Å². The number of benzene rings is 1. The van der Waals surface area contributed by atoms with E-state index in [0.717, 1.165) is 49.3 Å². The molecule has 0 aliphatic heterocycles. The first kappa shape index (κ1) is 15.5. The predicted octanol–water partition coefficient (Wildman–Crippen LogP) is 2.06. The first-order valence-electron chi connectivity index (χ1n) is 7.48. The molecule has 2 rings (SSSR count). The van der Waals surface area contributed by atoms with Gasteiger partial charge in [-0.3, -0.25) is 5.43 Å². The minimum Gasteiger partial charge on any atom is -0.369 e. The third kappa shape index (κ3) is 4.03. The summed E-state index contributed by atoms with van der Waals surface area (Å²) < 4.78 is 0. The highest BCUT2D eigenvalue weighted by Gasteiger charge is 2.06. The summed E-state index contributed by atoms with van der Waals surface area (Å²) >= 11 is 0. The Labute approximate surface area is 125 Å². The quantitative estimate of drug-likeness (QED) is 0.392. The molecule has 21 heavy (non-hydrogen) atoms. The second-order valence-electron chi connectivity index (χ2n) is 4.86. The van der Waals surface area contributed by atoms with Gasteiger partial charge in [-0.2, -0.15) is 4.98 Å². The molecule has 0 saturated carbocycles. The largest absolute Gasteiger partial charge is 0.369 e.